The first-order valence-corrected chi connectivity index (χ1v) is 8.09. The number of aryl methyl sites for hydroxylation is 2. The summed E-state index contributed by atoms with van der Waals surface area (Å²) < 4.78 is 0. The third kappa shape index (κ3) is 2.32. The molecule has 1 aliphatic carbocycles. The number of hydrogen-bond donors (Lipinski definition) is 3. The third-order valence-electron chi connectivity index (χ3n) is 4.45. The molecule has 3 aromatic rings. The SMILES string of the molecule is CC(C)CNC(=O)c1ccc2[nH]c3c(c2c1)CCc1cn[nH]c1-3. The Kier molecular flexibility index (Phi) is 3.22. The fourth-order valence-corrected chi connectivity index (χ4v) is 3.24. The number of benzene rings is 1. The number of H-pyrrole nitrogens is 2. The molecule has 118 valence electrons. The summed E-state index contributed by atoms with van der Waals surface area (Å²) in [6, 6.07) is 5.88. The highest BCUT2D eigenvalue weighted by molar-refractivity contribution is 6.00. The van der Waals surface area contributed by atoms with E-state index >= 15 is 0 Å². The van der Waals surface area contributed by atoms with E-state index < -0.39 is 0 Å². The zero-order valence-electron chi connectivity index (χ0n) is 13.4. The van der Waals surface area contributed by atoms with Crippen LogP contribution in [-0.4, -0.2) is 27.6 Å². The van der Waals surface area contributed by atoms with Crippen molar-refractivity contribution in [3.8, 4) is 11.4 Å². The largest absolute Gasteiger partial charge is 0.353 e. The number of aromatic amines is 2. The Labute approximate surface area is 134 Å². The van der Waals surface area contributed by atoms with Gasteiger partial charge in [0.2, 0.25) is 0 Å². The summed E-state index contributed by atoms with van der Waals surface area (Å²) in [6.07, 6.45) is 3.85. The van der Waals surface area contributed by atoms with Crippen LogP contribution in [0.25, 0.3) is 22.3 Å². The fraction of sp³-hybridized carbons (Fsp3) is 0.333. The van der Waals surface area contributed by atoms with Crippen LogP contribution in [0, 0.1) is 5.92 Å². The van der Waals surface area contributed by atoms with Gasteiger partial charge in [-0.15, -0.1) is 0 Å². The quantitative estimate of drug-likeness (QED) is 0.696. The Morgan fingerprint density at radius 3 is 3.00 bits per heavy atom. The average Bonchev–Trinajstić information content (AvgIpc) is 3.15. The molecular weight excluding hydrogens is 288 g/mol. The first-order valence-electron chi connectivity index (χ1n) is 8.09. The van der Waals surface area contributed by atoms with Crippen LogP contribution in [0.2, 0.25) is 0 Å². The van der Waals surface area contributed by atoms with E-state index in [0.717, 1.165) is 40.7 Å². The molecule has 5 nitrogen and oxygen atoms in total. The number of fused-ring (bicyclic) bond motifs is 5. The molecule has 0 fully saturated rings. The number of carbonyl (C=O) groups excluding carboxylic acids is 1. The van der Waals surface area contributed by atoms with Crippen molar-refractivity contribution in [2.75, 3.05) is 6.54 Å². The maximum Gasteiger partial charge on any atom is 0.251 e. The molecule has 1 aromatic carbocycles. The van der Waals surface area contributed by atoms with Crippen molar-refractivity contribution in [2.24, 2.45) is 5.92 Å². The number of nitrogens with one attached hydrogen (secondary N) is 3. The predicted molar refractivity (Wildman–Crippen MR) is 90.5 cm³/mol. The molecule has 0 unspecified atom stereocenters. The van der Waals surface area contributed by atoms with E-state index in [1.807, 2.05) is 24.4 Å². The smallest absolute Gasteiger partial charge is 0.251 e. The number of aromatic nitrogens is 3. The summed E-state index contributed by atoms with van der Waals surface area (Å²) in [5.41, 5.74) is 6.49. The molecule has 0 saturated carbocycles. The molecule has 3 N–H and O–H groups in total. The van der Waals surface area contributed by atoms with Crippen molar-refractivity contribution in [1.82, 2.24) is 20.5 Å². The van der Waals surface area contributed by atoms with Crippen LogP contribution < -0.4 is 5.32 Å². The minimum Gasteiger partial charge on any atom is -0.353 e. The van der Waals surface area contributed by atoms with Crippen LogP contribution in [0.5, 0.6) is 0 Å². The molecule has 1 aliphatic rings. The molecule has 2 heterocycles. The van der Waals surface area contributed by atoms with Crippen molar-refractivity contribution >= 4 is 16.8 Å². The van der Waals surface area contributed by atoms with Crippen LogP contribution in [0.3, 0.4) is 0 Å². The lowest BCUT2D eigenvalue weighted by atomic mass is 9.93. The second-order valence-corrected chi connectivity index (χ2v) is 6.61. The van der Waals surface area contributed by atoms with Crippen molar-refractivity contribution in [3.05, 3.63) is 41.1 Å². The number of carbonyl (C=O) groups is 1. The van der Waals surface area contributed by atoms with Gasteiger partial charge in [-0.05, 0) is 48.1 Å². The number of nitrogens with zero attached hydrogens (tertiary/aromatic N) is 1. The van der Waals surface area contributed by atoms with Gasteiger partial charge < -0.3 is 10.3 Å². The highest BCUT2D eigenvalue weighted by Crippen LogP contribution is 2.36. The highest BCUT2D eigenvalue weighted by atomic mass is 16.1. The van der Waals surface area contributed by atoms with Crippen molar-refractivity contribution in [1.29, 1.82) is 0 Å². The van der Waals surface area contributed by atoms with Crippen LogP contribution in [0.4, 0.5) is 0 Å². The zero-order chi connectivity index (χ0) is 16.0. The van der Waals surface area contributed by atoms with Gasteiger partial charge in [0.25, 0.3) is 5.91 Å². The van der Waals surface area contributed by atoms with Crippen LogP contribution >= 0.6 is 0 Å². The number of hydrogen-bond acceptors (Lipinski definition) is 2. The standard InChI is InChI=1S/C18H20N4O/c1-10(2)8-19-18(23)11-4-6-15-14(7-11)13-5-3-12-9-20-22-16(12)17(13)21-15/h4,6-7,9-10,21H,3,5,8H2,1-2H3,(H,19,23)(H,20,22). The lowest BCUT2D eigenvalue weighted by Gasteiger charge is -2.11. The van der Waals surface area contributed by atoms with Gasteiger partial charge in [-0.25, -0.2) is 0 Å². The van der Waals surface area contributed by atoms with Crippen LogP contribution in [-0.2, 0) is 12.8 Å². The van der Waals surface area contributed by atoms with Crippen LogP contribution in [0.15, 0.2) is 24.4 Å². The molecule has 0 bridgehead atoms. The lowest BCUT2D eigenvalue weighted by molar-refractivity contribution is 0.0949. The summed E-state index contributed by atoms with van der Waals surface area (Å²) in [7, 11) is 0. The second-order valence-electron chi connectivity index (χ2n) is 6.61. The van der Waals surface area contributed by atoms with E-state index in [2.05, 4.69) is 34.3 Å². The minimum absolute atomic E-state index is 0.00594. The lowest BCUT2D eigenvalue weighted by Crippen LogP contribution is -2.27. The second kappa shape index (κ2) is 5.26. The molecule has 0 spiro atoms. The minimum atomic E-state index is -0.00594. The van der Waals surface area contributed by atoms with Crippen molar-refractivity contribution < 1.29 is 4.79 Å². The third-order valence-corrected chi connectivity index (χ3v) is 4.45. The Bertz CT molecular complexity index is 888. The first kappa shape index (κ1) is 14.1. The first-order chi connectivity index (χ1) is 11.1. The van der Waals surface area contributed by atoms with Gasteiger partial charge in [-0.3, -0.25) is 9.89 Å². The normalized spacial score (nSPS) is 13.2. The molecule has 0 atom stereocenters. The maximum absolute atomic E-state index is 12.3. The Morgan fingerprint density at radius 2 is 2.17 bits per heavy atom. The summed E-state index contributed by atoms with van der Waals surface area (Å²) >= 11 is 0. The topological polar surface area (TPSA) is 73.6 Å². The van der Waals surface area contributed by atoms with Crippen molar-refractivity contribution in [2.45, 2.75) is 26.7 Å². The monoisotopic (exact) mass is 308 g/mol. The molecule has 5 heteroatoms. The number of amides is 1. The van der Waals surface area contributed by atoms with Gasteiger partial charge in [0, 0.05) is 23.0 Å². The van der Waals surface area contributed by atoms with E-state index in [-0.39, 0.29) is 5.91 Å². The average molecular weight is 308 g/mol. The Hall–Kier alpha value is -2.56. The summed E-state index contributed by atoms with van der Waals surface area (Å²) in [6.45, 7) is 4.88. The molecular formula is C18H20N4O. The zero-order valence-corrected chi connectivity index (χ0v) is 13.4. The van der Waals surface area contributed by atoms with E-state index in [4.69, 9.17) is 0 Å². The van der Waals surface area contributed by atoms with E-state index in [0.29, 0.717) is 12.5 Å². The van der Waals surface area contributed by atoms with Gasteiger partial charge >= 0.3 is 0 Å². The summed E-state index contributed by atoms with van der Waals surface area (Å²) in [5, 5.41) is 11.4. The maximum atomic E-state index is 12.3. The molecule has 0 saturated heterocycles. The fourth-order valence-electron chi connectivity index (χ4n) is 3.24. The Balaban J connectivity index is 1.74. The van der Waals surface area contributed by atoms with Gasteiger partial charge in [-0.2, -0.15) is 5.10 Å². The Morgan fingerprint density at radius 1 is 1.30 bits per heavy atom. The predicted octanol–water partition coefficient (Wildman–Crippen LogP) is 3.04. The highest BCUT2D eigenvalue weighted by Gasteiger charge is 2.22. The van der Waals surface area contributed by atoms with Crippen LogP contribution in [0.1, 0.15) is 35.3 Å². The molecule has 23 heavy (non-hydrogen) atoms. The molecule has 0 aliphatic heterocycles. The molecule has 2 aromatic heterocycles. The van der Waals surface area contributed by atoms with Gasteiger partial charge in [0.1, 0.15) is 0 Å². The van der Waals surface area contributed by atoms with E-state index in [9.17, 15) is 4.79 Å². The molecule has 1 amide bonds. The molecule has 0 radical (unpaired) electrons. The molecule has 4 rings (SSSR count). The van der Waals surface area contributed by atoms with E-state index in [1.54, 1.807) is 0 Å². The summed E-state index contributed by atoms with van der Waals surface area (Å²) in [5.74, 6) is 0.440. The van der Waals surface area contributed by atoms with Gasteiger partial charge in [0.15, 0.2) is 0 Å². The van der Waals surface area contributed by atoms with E-state index in [1.165, 1.54) is 11.1 Å². The van der Waals surface area contributed by atoms with Crippen molar-refractivity contribution in [3.63, 3.8) is 0 Å². The summed E-state index contributed by atoms with van der Waals surface area (Å²) in [4.78, 5) is 15.8. The number of rotatable bonds is 3. The van der Waals surface area contributed by atoms with Gasteiger partial charge in [-0.1, -0.05) is 13.8 Å². The van der Waals surface area contributed by atoms with Gasteiger partial charge in [0.05, 0.1) is 17.6 Å².